The fourth-order valence-corrected chi connectivity index (χ4v) is 2.76. The van der Waals surface area contributed by atoms with Gasteiger partial charge < -0.3 is 19.9 Å². The van der Waals surface area contributed by atoms with Crippen molar-refractivity contribution in [3.05, 3.63) is 17.7 Å². The minimum absolute atomic E-state index is 0.0411. The molecule has 0 spiro atoms. The molecule has 1 rings (SSSR count). The summed E-state index contributed by atoms with van der Waals surface area (Å²) in [6.07, 6.45) is -16.0. The van der Waals surface area contributed by atoms with Gasteiger partial charge in [0.15, 0.2) is 11.5 Å². The van der Waals surface area contributed by atoms with Crippen molar-refractivity contribution in [2.45, 2.75) is 52.2 Å². The van der Waals surface area contributed by atoms with Gasteiger partial charge in [-0.2, -0.15) is 0 Å². The first kappa shape index (κ1) is 26.0. The third-order valence-corrected chi connectivity index (χ3v) is 4.04. The van der Waals surface area contributed by atoms with E-state index in [1.54, 1.807) is 13.8 Å². The van der Waals surface area contributed by atoms with E-state index in [2.05, 4.69) is 14.2 Å². The standard InChI is InChI=1S/C17H20F9NO3/c1-3-10(6-9(2)8-27)7-11-4-5-12(28-15(18,19)20)14(30-17(24,25)26)13(11)29-16(21,22)23/h4-5,9-10H,3,6-8,27H2,1-2H3. The van der Waals surface area contributed by atoms with Crippen molar-refractivity contribution in [3.63, 3.8) is 0 Å². The van der Waals surface area contributed by atoms with Crippen LogP contribution >= 0.6 is 0 Å². The van der Waals surface area contributed by atoms with Gasteiger partial charge in [-0.1, -0.05) is 26.3 Å². The van der Waals surface area contributed by atoms with E-state index in [1.807, 2.05) is 0 Å². The highest BCUT2D eigenvalue weighted by Gasteiger charge is 2.42. The molecule has 0 aliphatic rings. The Morgan fingerprint density at radius 2 is 1.33 bits per heavy atom. The average Bonchev–Trinajstić information content (AvgIpc) is 2.55. The number of halogens is 9. The highest BCUT2D eigenvalue weighted by Crippen LogP contribution is 2.47. The highest BCUT2D eigenvalue weighted by atomic mass is 19.4. The van der Waals surface area contributed by atoms with Crippen LogP contribution in [0.1, 0.15) is 32.3 Å². The fourth-order valence-electron chi connectivity index (χ4n) is 2.76. The Morgan fingerprint density at radius 1 is 0.833 bits per heavy atom. The monoisotopic (exact) mass is 457 g/mol. The molecule has 0 saturated heterocycles. The van der Waals surface area contributed by atoms with Crippen LogP contribution in [0.15, 0.2) is 12.1 Å². The van der Waals surface area contributed by atoms with Gasteiger partial charge in [0, 0.05) is 0 Å². The first-order valence-electron chi connectivity index (χ1n) is 8.67. The van der Waals surface area contributed by atoms with Gasteiger partial charge in [-0.05, 0) is 42.9 Å². The maximum Gasteiger partial charge on any atom is 0.573 e. The minimum atomic E-state index is -5.61. The molecule has 0 saturated carbocycles. The molecule has 0 heterocycles. The number of hydrogen-bond acceptors (Lipinski definition) is 4. The first-order chi connectivity index (χ1) is 13.5. The van der Waals surface area contributed by atoms with Crippen LogP contribution in [0.2, 0.25) is 0 Å². The fraction of sp³-hybridized carbons (Fsp3) is 0.647. The second-order valence-electron chi connectivity index (χ2n) is 6.58. The average molecular weight is 457 g/mol. The van der Waals surface area contributed by atoms with Crippen LogP contribution in [0.5, 0.6) is 17.2 Å². The van der Waals surface area contributed by atoms with Gasteiger partial charge in [-0.25, -0.2) is 0 Å². The lowest BCUT2D eigenvalue weighted by Crippen LogP contribution is -2.25. The van der Waals surface area contributed by atoms with Crippen molar-refractivity contribution in [3.8, 4) is 17.2 Å². The van der Waals surface area contributed by atoms with Gasteiger partial charge in [0.25, 0.3) is 0 Å². The van der Waals surface area contributed by atoms with Crippen molar-refractivity contribution >= 4 is 0 Å². The summed E-state index contributed by atoms with van der Waals surface area (Å²) in [6, 6.07) is 1.23. The van der Waals surface area contributed by atoms with Crippen molar-refractivity contribution in [2.75, 3.05) is 6.54 Å². The molecule has 4 nitrogen and oxygen atoms in total. The van der Waals surface area contributed by atoms with Gasteiger partial charge in [-0.3, -0.25) is 0 Å². The van der Waals surface area contributed by atoms with E-state index in [-0.39, 0.29) is 24.8 Å². The van der Waals surface area contributed by atoms with Crippen LogP contribution in [-0.4, -0.2) is 25.6 Å². The predicted molar refractivity (Wildman–Crippen MR) is 86.8 cm³/mol. The summed E-state index contributed by atoms with van der Waals surface area (Å²) in [4.78, 5) is 0. The SMILES string of the molecule is CCC(Cc1ccc(OC(F)(F)F)c(OC(F)(F)F)c1OC(F)(F)F)CC(C)CN. The number of ether oxygens (including phenoxy) is 3. The molecule has 0 fully saturated rings. The molecule has 30 heavy (non-hydrogen) atoms. The molecule has 1 aromatic rings. The van der Waals surface area contributed by atoms with Crippen LogP contribution in [-0.2, 0) is 6.42 Å². The molecule has 0 aliphatic heterocycles. The van der Waals surface area contributed by atoms with Crippen LogP contribution < -0.4 is 19.9 Å². The minimum Gasteiger partial charge on any atom is -0.402 e. The van der Waals surface area contributed by atoms with Crippen molar-refractivity contribution in [1.29, 1.82) is 0 Å². The van der Waals surface area contributed by atoms with Gasteiger partial charge >= 0.3 is 19.1 Å². The van der Waals surface area contributed by atoms with Crippen LogP contribution in [0.4, 0.5) is 39.5 Å². The Hall–Kier alpha value is -2.05. The summed E-state index contributed by atoms with van der Waals surface area (Å²) in [5.41, 5.74) is 5.09. The molecule has 2 atom stereocenters. The zero-order chi connectivity index (χ0) is 23.3. The lowest BCUT2D eigenvalue weighted by Gasteiger charge is -2.24. The predicted octanol–water partition coefficient (Wildman–Crippen LogP) is 5.94. The zero-order valence-corrected chi connectivity index (χ0v) is 15.8. The van der Waals surface area contributed by atoms with E-state index < -0.39 is 41.9 Å². The van der Waals surface area contributed by atoms with Crippen molar-refractivity contribution in [1.82, 2.24) is 0 Å². The Bertz CT molecular complexity index is 687. The van der Waals surface area contributed by atoms with E-state index in [1.165, 1.54) is 0 Å². The molecule has 2 unspecified atom stereocenters. The first-order valence-corrected chi connectivity index (χ1v) is 8.67. The van der Waals surface area contributed by atoms with Crippen LogP contribution in [0, 0.1) is 11.8 Å². The molecule has 174 valence electrons. The zero-order valence-electron chi connectivity index (χ0n) is 15.8. The largest absolute Gasteiger partial charge is 0.573 e. The summed E-state index contributed by atoms with van der Waals surface area (Å²) < 4.78 is 125. The smallest absolute Gasteiger partial charge is 0.402 e. The normalized spacial score (nSPS) is 14.9. The second-order valence-corrected chi connectivity index (χ2v) is 6.58. The van der Waals surface area contributed by atoms with Crippen molar-refractivity contribution < 1.29 is 53.7 Å². The molecule has 0 amide bonds. The third kappa shape index (κ3) is 9.18. The summed E-state index contributed by atoms with van der Waals surface area (Å²) >= 11 is 0. The van der Waals surface area contributed by atoms with E-state index in [9.17, 15) is 39.5 Å². The molecule has 2 N–H and O–H groups in total. The number of hydrogen-bond donors (Lipinski definition) is 1. The topological polar surface area (TPSA) is 53.7 Å². The lowest BCUT2D eigenvalue weighted by molar-refractivity contribution is -0.293. The Morgan fingerprint density at radius 3 is 1.77 bits per heavy atom. The number of nitrogens with two attached hydrogens (primary N) is 1. The Balaban J connectivity index is 3.54. The Kier molecular flexibility index (Phi) is 8.52. The quantitative estimate of drug-likeness (QED) is 0.467. The summed E-state index contributed by atoms with van der Waals surface area (Å²) in [7, 11) is 0. The van der Waals surface area contributed by atoms with E-state index in [0.717, 1.165) is 6.07 Å². The molecular weight excluding hydrogens is 437 g/mol. The van der Waals surface area contributed by atoms with Gasteiger partial charge in [-0.15, -0.1) is 39.5 Å². The number of benzene rings is 1. The molecule has 13 heteroatoms. The van der Waals surface area contributed by atoms with Crippen LogP contribution in [0.3, 0.4) is 0 Å². The number of alkyl halides is 9. The molecule has 0 aliphatic carbocycles. The molecule has 0 aromatic heterocycles. The van der Waals surface area contributed by atoms with E-state index in [0.29, 0.717) is 18.9 Å². The van der Waals surface area contributed by atoms with Gasteiger partial charge in [0.2, 0.25) is 5.75 Å². The van der Waals surface area contributed by atoms with Gasteiger partial charge in [0.05, 0.1) is 0 Å². The maximum absolute atomic E-state index is 12.8. The summed E-state index contributed by atoms with van der Waals surface area (Å²) in [5.74, 6) is -5.39. The second kappa shape index (κ2) is 9.84. The van der Waals surface area contributed by atoms with Crippen molar-refractivity contribution in [2.24, 2.45) is 17.6 Å². The summed E-state index contributed by atoms with van der Waals surface area (Å²) in [5, 5.41) is 0. The van der Waals surface area contributed by atoms with E-state index >= 15 is 0 Å². The number of rotatable bonds is 9. The molecule has 1 aromatic carbocycles. The molecule has 0 radical (unpaired) electrons. The van der Waals surface area contributed by atoms with Gasteiger partial charge in [0.1, 0.15) is 0 Å². The highest BCUT2D eigenvalue weighted by molar-refractivity contribution is 5.56. The Labute approximate surface area is 166 Å². The van der Waals surface area contributed by atoms with Crippen LogP contribution in [0.25, 0.3) is 0 Å². The summed E-state index contributed by atoms with van der Waals surface area (Å²) in [6.45, 7) is 3.74. The van der Waals surface area contributed by atoms with E-state index in [4.69, 9.17) is 5.73 Å². The molecular formula is C17H20F9NO3. The maximum atomic E-state index is 12.8. The lowest BCUT2D eigenvalue weighted by atomic mass is 9.88. The molecule has 0 bridgehead atoms. The third-order valence-electron chi connectivity index (χ3n) is 4.04.